The van der Waals surface area contributed by atoms with Gasteiger partial charge in [0, 0.05) is 19.7 Å². The first-order valence-electron chi connectivity index (χ1n) is 6.42. The molecule has 1 saturated carbocycles. The molecule has 1 unspecified atom stereocenters. The molecule has 104 valence electrons. The Balaban J connectivity index is 2.11. The minimum absolute atomic E-state index is 0.111. The van der Waals surface area contributed by atoms with Gasteiger partial charge in [0.1, 0.15) is 0 Å². The third-order valence-electron chi connectivity index (χ3n) is 3.44. The zero-order chi connectivity index (χ0) is 13.8. The van der Waals surface area contributed by atoms with Crippen molar-refractivity contribution in [1.29, 1.82) is 0 Å². The van der Waals surface area contributed by atoms with Gasteiger partial charge in [-0.2, -0.15) is 0 Å². The van der Waals surface area contributed by atoms with E-state index in [1.165, 1.54) is 12.8 Å². The van der Waals surface area contributed by atoms with E-state index in [-0.39, 0.29) is 17.1 Å². The van der Waals surface area contributed by atoms with Crippen molar-refractivity contribution < 1.29 is 9.53 Å². The van der Waals surface area contributed by atoms with Gasteiger partial charge in [0.05, 0.1) is 6.61 Å². The second kappa shape index (κ2) is 6.30. The monoisotopic (exact) mass is 283 g/mol. The molecule has 1 aliphatic rings. The lowest BCUT2D eigenvalue weighted by atomic mass is 10.1. The fraction of sp³-hybridized carbons (Fsp3) is 0.615. The molecule has 1 aliphatic carbocycles. The summed E-state index contributed by atoms with van der Waals surface area (Å²) in [5.41, 5.74) is 0.327. The quantitative estimate of drug-likeness (QED) is 0.801. The van der Waals surface area contributed by atoms with E-state index in [1.54, 1.807) is 19.2 Å². The highest BCUT2D eigenvalue weighted by atomic mass is 35.5. The molecule has 6 heteroatoms. The Labute approximate surface area is 117 Å². The predicted octanol–water partition coefficient (Wildman–Crippen LogP) is 2.02. The van der Waals surface area contributed by atoms with Crippen LogP contribution in [-0.2, 0) is 4.74 Å². The van der Waals surface area contributed by atoms with Gasteiger partial charge in [0.2, 0.25) is 0 Å². The summed E-state index contributed by atoms with van der Waals surface area (Å²) in [6.07, 6.45) is 2.37. The number of carbonyl (C=O) groups is 1. The number of halogens is 1. The van der Waals surface area contributed by atoms with E-state index in [0.717, 1.165) is 0 Å². The van der Waals surface area contributed by atoms with Gasteiger partial charge >= 0.3 is 0 Å². The fourth-order valence-electron chi connectivity index (χ4n) is 2.09. The lowest BCUT2D eigenvalue weighted by molar-refractivity contribution is 0.0587. The molecule has 1 atom stereocenters. The number of nitrogens with zero attached hydrogens (tertiary/aromatic N) is 3. The summed E-state index contributed by atoms with van der Waals surface area (Å²) in [6.45, 7) is 3.16. The van der Waals surface area contributed by atoms with Crippen LogP contribution in [0.2, 0.25) is 5.15 Å². The van der Waals surface area contributed by atoms with Crippen molar-refractivity contribution in [3.05, 3.63) is 23.0 Å². The minimum atomic E-state index is -0.111. The Bertz CT molecular complexity index is 434. The number of rotatable bonds is 6. The van der Waals surface area contributed by atoms with Crippen molar-refractivity contribution in [2.45, 2.75) is 25.8 Å². The third-order valence-corrected chi connectivity index (χ3v) is 3.65. The van der Waals surface area contributed by atoms with E-state index in [2.05, 4.69) is 17.1 Å². The van der Waals surface area contributed by atoms with Gasteiger partial charge in [-0.3, -0.25) is 4.79 Å². The number of amides is 1. The van der Waals surface area contributed by atoms with Crippen LogP contribution in [0.5, 0.6) is 0 Å². The highest BCUT2D eigenvalue weighted by Gasteiger charge is 2.34. The predicted molar refractivity (Wildman–Crippen MR) is 72.1 cm³/mol. The van der Waals surface area contributed by atoms with Crippen LogP contribution in [0.15, 0.2) is 12.1 Å². The summed E-state index contributed by atoms with van der Waals surface area (Å²) >= 11 is 5.68. The van der Waals surface area contributed by atoms with Crippen molar-refractivity contribution >= 4 is 17.5 Å². The molecular weight excluding hydrogens is 266 g/mol. The molecular formula is C13H18ClN3O2. The van der Waals surface area contributed by atoms with Crippen LogP contribution in [0.3, 0.4) is 0 Å². The van der Waals surface area contributed by atoms with Crippen molar-refractivity contribution in [2.75, 3.05) is 20.3 Å². The van der Waals surface area contributed by atoms with Crippen molar-refractivity contribution in [3.8, 4) is 0 Å². The molecule has 1 aromatic rings. The van der Waals surface area contributed by atoms with Crippen LogP contribution >= 0.6 is 11.6 Å². The molecule has 5 nitrogen and oxygen atoms in total. The van der Waals surface area contributed by atoms with Gasteiger partial charge in [-0.15, -0.1) is 10.2 Å². The Hall–Kier alpha value is -1.20. The summed E-state index contributed by atoms with van der Waals surface area (Å²) in [5, 5.41) is 7.86. The van der Waals surface area contributed by atoms with Gasteiger partial charge in [-0.25, -0.2) is 0 Å². The molecule has 0 saturated heterocycles. The zero-order valence-corrected chi connectivity index (χ0v) is 11.9. The third kappa shape index (κ3) is 3.64. The molecule has 1 fully saturated rings. The minimum Gasteiger partial charge on any atom is -0.383 e. The normalized spacial score (nSPS) is 16.2. The summed E-state index contributed by atoms with van der Waals surface area (Å²) in [7, 11) is 1.63. The van der Waals surface area contributed by atoms with E-state index in [1.807, 2.05) is 4.90 Å². The molecule has 1 heterocycles. The summed E-state index contributed by atoms with van der Waals surface area (Å²) in [4.78, 5) is 14.3. The maximum Gasteiger partial charge on any atom is 0.274 e. The maximum absolute atomic E-state index is 12.5. The van der Waals surface area contributed by atoms with Crippen LogP contribution in [0.4, 0.5) is 0 Å². The number of hydrogen-bond donors (Lipinski definition) is 0. The van der Waals surface area contributed by atoms with Gasteiger partial charge < -0.3 is 9.64 Å². The van der Waals surface area contributed by atoms with Crippen LogP contribution in [0.25, 0.3) is 0 Å². The van der Waals surface area contributed by atoms with Crippen molar-refractivity contribution in [2.24, 2.45) is 5.92 Å². The summed E-state index contributed by atoms with van der Waals surface area (Å²) in [6, 6.07) is 3.40. The van der Waals surface area contributed by atoms with Gasteiger partial charge in [-0.05, 0) is 37.8 Å². The van der Waals surface area contributed by atoms with Gasteiger partial charge in [0.15, 0.2) is 10.8 Å². The topological polar surface area (TPSA) is 55.3 Å². The van der Waals surface area contributed by atoms with Gasteiger partial charge in [0.25, 0.3) is 5.91 Å². The first-order valence-corrected chi connectivity index (χ1v) is 6.80. The number of aromatic nitrogens is 2. The molecule has 2 rings (SSSR count). The number of carbonyl (C=O) groups excluding carboxylic acids is 1. The Morgan fingerprint density at radius 1 is 1.53 bits per heavy atom. The van der Waals surface area contributed by atoms with Crippen molar-refractivity contribution in [3.63, 3.8) is 0 Å². The second-order valence-electron chi connectivity index (χ2n) is 4.81. The molecule has 1 aromatic heterocycles. The van der Waals surface area contributed by atoms with E-state index in [0.29, 0.717) is 24.8 Å². The second-order valence-corrected chi connectivity index (χ2v) is 5.20. The lowest BCUT2D eigenvalue weighted by Crippen LogP contribution is -2.42. The SMILES string of the molecule is COCCN(C(=O)c1ccc(Cl)nn1)C(C)C1CC1. The van der Waals surface area contributed by atoms with E-state index in [4.69, 9.17) is 16.3 Å². The average Bonchev–Trinajstić information content (AvgIpc) is 3.23. The highest BCUT2D eigenvalue weighted by molar-refractivity contribution is 6.29. The average molecular weight is 284 g/mol. The highest BCUT2D eigenvalue weighted by Crippen LogP contribution is 2.35. The maximum atomic E-state index is 12.5. The Kier molecular flexibility index (Phi) is 4.71. The summed E-state index contributed by atoms with van der Waals surface area (Å²) < 4.78 is 5.08. The molecule has 1 amide bonds. The molecule has 0 aromatic carbocycles. The Morgan fingerprint density at radius 3 is 2.79 bits per heavy atom. The number of hydrogen-bond acceptors (Lipinski definition) is 4. The summed E-state index contributed by atoms with van der Waals surface area (Å²) in [5.74, 6) is 0.488. The smallest absolute Gasteiger partial charge is 0.274 e. The van der Waals surface area contributed by atoms with Gasteiger partial charge in [-0.1, -0.05) is 11.6 Å². The lowest BCUT2D eigenvalue weighted by Gasteiger charge is -2.28. The van der Waals surface area contributed by atoms with E-state index >= 15 is 0 Å². The molecule has 19 heavy (non-hydrogen) atoms. The Morgan fingerprint density at radius 2 is 2.26 bits per heavy atom. The standard InChI is InChI=1S/C13H18ClN3O2/c1-9(10-3-4-10)17(7-8-19-2)13(18)11-5-6-12(14)16-15-11/h5-6,9-10H,3-4,7-8H2,1-2H3. The molecule has 0 spiro atoms. The zero-order valence-electron chi connectivity index (χ0n) is 11.2. The van der Waals surface area contributed by atoms with Crippen LogP contribution in [-0.4, -0.2) is 47.3 Å². The molecule has 0 bridgehead atoms. The molecule has 0 radical (unpaired) electrons. The first-order chi connectivity index (χ1) is 9.13. The largest absolute Gasteiger partial charge is 0.383 e. The fourth-order valence-corrected chi connectivity index (χ4v) is 2.19. The first kappa shape index (κ1) is 14.2. The van der Waals surface area contributed by atoms with Crippen molar-refractivity contribution in [1.82, 2.24) is 15.1 Å². The molecule has 0 aliphatic heterocycles. The van der Waals surface area contributed by atoms with Crippen LogP contribution < -0.4 is 0 Å². The van der Waals surface area contributed by atoms with Crippen LogP contribution in [0.1, 0.15) is 30.3 Å². The van der Waals surface area contributed by atoms with E-state index in [9.17, 15) is 4.79 Å². The van der Waals surface area contributed by atoms with Crippen LogP contribution in [0, 0.1) is 5.92 Å². The number of methoxy groups -OCH3 is 1. The van der Waals surface area contributed by atoms with E-state index < -0.39 is 0 Å². The number of ether oxygens (including phenoxy) is 1. The molecule has 0 N–H and O–H groups in total.